The number of nitro benzene ring substituents is 1. The lowest BCUT2D eigenvalue weighted by Gasteiger charge is -2.14. The average Bonchev–Trinajstić information content (AvgIpc) is 3.41. The fourth-order valence-electron chi connectivity index (χ4n) is 4.15. The highest BCUT2D eigenvalue weighted by Crippen LogP contribution is 2.37. The van der Waals surface area contributed by atoms with E-state index in [4.69, 9.17) is 25.5 Å². The molecule has 0 aliphatic carbocycles. The second-order valence-electron chi connectivity index (χ2n) is 8.69. The van der Waals surface area contributed by atoms with E-state index in [2.05, 4.69) is 14.8 Å². The SMILES string of the molecule is COC(=O)[C@H](C)Oc1c(Cl)cc(C=Nn2c(-c3cc4c(OC)cccc4o3)nc3ccccc3c2=O)cc1[N+](=O)[O-]. The minimum Gasteiger partial charge on any atom is -0.496 e. The van der Waals surface area contributed by atoms with E-state index in [0.717, 1.165) is 17.9 Å². The van der Waals surface area contributed by atoms with E-state index in [1.165, 1.54) is 26.3 Å². The number of nitrogens with zero attached hydrogens (tertiary/aromatic N) is 4. The van der Waals surface area contributed by atoms with Gasteiger partial charge in [-0.15, -0.1) is 0 Å². The number of nitro groups is 1. The molecule has 0 radical (unpaired) electrons. The van der Waals surface area contributed by atoms with Gasteiger partial charge in [-0.05, 0) is 43.3 Å². The van der Waals surface area contributed by atoms with Crippen LogP contribution in [0.25, 0.3) is 33.5 Å². The van der Waals surface area contributed by atoms with Crippen LogP contribution < -0.4 is 15.0 Å². The van der Waals surface area contributed by atoms with E-state index < -0.39 is 28.2 Å². The van der Waals surface area contributed by atoms with E-state index >= 15 is 0 Å². The van der Waals surface area contributed by atoms with Crippen LogP contribution >= 0.6 is 11.6 Å². The van der Waals surface area contributed by atoms with Gasteiger partial charge in [-0.2, -0.15) is 9.78 Å². The molecule has 0 aliphatic heterocycles. The summed E-state index contributed by atoms with van der Waals surface area (Å²) < 4.78 is 22.5. The number of hydrogen-bond donors (Lipinski definition) is 0. The Hall–Kier alpha value is -5.23. The molecule has 208 valence electrons. The number of hydrogen-bond acceptors (Lipinski definition) is 10. The van der Waals surface area contributed by atoms with Crippen LogP contribution in [-0.2, 0) is 9.53 Å². The number of para-hydroxylation sites is 1. The van der Waals surface area contributed by atoms with Crippen LogP contribution in [0.4, 0.5) is 5.69 Å². The Kier molecular flexibility index (Phi) is 7.40. The molecular formula is C28H21ClN4O8. The highest BCUT2D eigenvalue weighted by atomic mass is 35.5. The molecule has 41 heavy (non-hydrogen) atoms. The van der Waals surface area contributed by atoms with Crippen molar-refractivity contribution in [2.75, 3.05) is 14.2 Å². The first-order chi connectivity index (χ1) is 19.7. The number of fused-ring (bicyclic) bond motifs is 2. The smallest absolute Gasteiger partial charge is 0.346 e. The van der Waals surface area contributed by atoms with Crippen molar-refractivity contribution in [3.63, 3.8) is 0 Å². The first-order valence-corrected chi connectivity index (χ1v) is 12.4. The maximum absolute atomic E-state index is 13.5. The number of methoxy groups -OCH3 is 2. The number of rotatable bonds is 8. The summed E-state index contributed by atoms with van der Waals surface area (Å²) in [6.45, 7) is 1.37. The Morgan fingerprint density at radius 3 is 2.66 bits per heavy atom. The number of benzene rings is 3. The second kappa shape index (κ2) is 11.1. The molecule has 13 heteroatoms. The number of carbonyl (C=O) groups is 1. The van der Waals surface area contributed by atoms with Crippen molar-refractivity contribution in [1.82, 2.24) is 9.66 Å². The highest BCUT2D eigenvalue weighted by Gasteiger charge is 2.25. The van der Waals surface area contributed by atoms with Crippen molar-refractivity contribution < 1.29 is 28.3 Å². The van der Waals surface area contributed by atoms with E-state index in [-0.39, 0.29) is 27.9 Å². The van der Waals surface area contributed by atoms with E-state index in [9.17, 15) is 19.7 Å². The lowest BCUT2D eigenvalue weighted by Crippen LogP contribution is -2.25. The maximum atomic E-state index is 13.5. The molecule has 3 aromatic carbocycles. The highest BCUT2D eigenvalue weighted by molar-refractivity contribution is 6.32. The monoisotopic (exact) mass is 576 g/mol. The van der Waals surface area contributed by atoms with Crippen LogP contribution in [0, 0.1) is 10.1 Å². The van der Waals surface area contributed by atoms with Gasteiger partial charge < -0.3 is 18.6 Å². The molecule has 0 spiro atoms. The predicted octanol–water partition coefficient (Wildman–Crippen LogP) is 5.20. The van der Waals surface area contributed by atoms with Gasteiger partial charge >= 0.3 is 11.7 Å². The van der Waals surface area contributed by atoms with Crippen molar-refractivity contribution in [3.05, 3.63) is 91.7 Å². The Bertz CT molecular complexity index is 1910. The van der Waals surface area contributed by atoms with Gasteiger partial charge in [-0.1, -0.05) is 29.8 Å². The molecule has 0 amide bonds. The topological polar surface area (TPSA) is 148 Å². The van der Waals surface area contributed by atoms with Gasteiger partial charge in [0.2, 0.25) is 11.6 Å². The third kappa shape index (κ3) is 5.20. The lowest BCUT2D eigenvalue weighted by atomic mass is 10.2. The normalized spacial score (nSPS) is 12.1. The Morgan fingerprint density at radius 1 is 1.15 bits per heavy atom. The summed E-state index contributed by atoms with van der Waals surface area (Å²) in [4.78, 5) is 41.0. The molecule has 0 unspecified atom stereocenters. The fraction of sp³-hybridized carbons (Fsp3) is 0.143. The zero-order valence-corrected chi connectivity index (χ0v) is 22.6. The summed E-state index contributed by atoms with van der Waals surface area (Å²) in [5.41, 5.74) is 0.102. The van der Waals surface area contributed by atoms with E-state index in [1.54, 1.807) is 48.5 Å². The molecule has 0 N–H and O–H groups in total. The molecule has 0 saturated heterocycles. The lowest BCUT2D eigenvalue weighted by molar-refractivity contribution is -0.386. The summed E-state index contributed by atoms with van der Waals surface area (Å²) in [5.74, 6) is -0.140. The number of esters is 1. The van der Waals surface area contributed by atoms with Gasteiger partial charge in [-0.25, -0.2) is 9.78 Å². The van der Waals surface area contributed by atoms with Crippen molar-refractivity contribution in [1.29, 1.82) is 0 Å². The van der Waals surface area contributed by atoms with Gasteiger partial charge in [0.1, 0.15) is 11.3 Å². The van der Waals surface area contributed by atoms with Gasteiger partial charge in [0.15, 0.2) is 11.9 Å². The number of halogens is 1. The molecule has 5 rings (SSSR count). The second-order valence-corrected chi connectivity index (χ2v) is 9.10. The first kappa shape index (κ1) is 27.3. The van der Waals surface area contributed by atoms with Crippen molar-refractivity contribution in [2.24, 2.45) is 5.10 Å². The van der Waals surface area contributed by atoms with Crippen LogP contribution in [-0.4, -0.2) is 47.1 Å². The standard InChI is InChI=1S/C28H21ClN4O8/c1-15(28(35)39-3)40-25-19(29)11-16(12-21(25)33(36)37)14-30-32-26(31-20-8-5-4-7-17(20)27(32)34)24-13-18-22(38-2)9-6-10-23(18)41-24/h4-15H,1-3H3/t15-/m0/s1. The minimum atomic E-state index is -1.15. The summed E-state index contributed by atoms with van der Waals surface area (Å²) in [6.07, 6.45) is 0.0692. The predicted molar refractivity (Wildman–Crippen MR) is 151 cm³/mol. The average molecular weight is 577 g/mol. The summed E-state index contributed by atoms with van der Waals surface area (Å²) in [6, 6.07) is 16.2. The van der Waals surface area contributed by atoms with E-state index in [1.807, 2.05) is 0 Å². The Balaban J connectivity index is 1.64. The van der Waals surface area contributed by atoms with Crippen LogP contribution in [0.1, 0.15) is 12.5 Å². The molecule has 5 aromatic rings. The third-order valence-corrected chi connectivity index (χ3v) is 6.39. The number of ether oxygens (including phenoxy) is 3. The maximum Gasteiger partial charge on any atom is 0.346 e. The molecule has 1 atom stereocenters. The molecule has 0 aliphatic rings. The molecule has 2 heterocycles. The fourth-order valence-corrected chi connectivity index (χ4v) is 4.42. The summed E-state index contributed by atoms with van der Waals surface area (Å²) in [7, 11) is 2.70. The largest absolute Gasteiger partial charge is 0.496 e. The van der Waals surface area contributed by atoms with Crippen molar-refractivity contribution >= 4 is 51.3 Å². The Morgan fingerprint density at radius 2 is 1.93 bits per heavy atom. The van der Waals surface area contributed by atoms with Crippen molar-refractivity contribution in [3.8, 4) is 23.1 Å². The number of furan rings is 1. The van der Waals surface area contributed by atoms with Crippen LogP contribution in [0.15, 0.2) is 75.0 Å². The van der Waals surface area contributed by atoms with Crippen LogP contribution in [0.5, 0.6) is 11.5 Å². The molecule has 12 nitrogen and oxygen atoms in total. The van der Waals surface area contributed by atoms with Crippen LogP contribution in [0.3, 0.4) is 0 Å². The van der Waals surface area contributed by atoms with Gasteiger partial charge in [0.25, 0.3) is 5.56 Å². The van der Waals surface area contributed by atoms with Crippen LogP contribution in [0.2, 0.25) is 5.02 Å². The summed E-state index contributed by atoms with van der Waals surface area (Å²) in [5, 5.41) is 17.0. The third-order valence-electron chi connectivity index (χ3n) is 6.11. The molecule has 2 aromatic heterocycles. The first-order valence-electron chi connectivity index (χ1n) is 12.1. The number of aromatic nitrogens is 2. The van der Waals surface area contributed by atoms with Crippen molar-refractivity contribution in [2.45, 2.75) is 13.0 Å². The number of carbonyl (C=O) groups excluding carboxylic acids is 1. The molecule has 0 bridgehead atoms. The van der Waals surface area contributed by atoms with Gasteiger partial charge in [0.05, 0.1) is 46.7 Å². The van der Waals surface area contributed by atoms with Gasteiger partial charge in [0, 0.05) is 11.6 Å². The van der Waals surface area contributed by atoms with Gasteiger partial charge in [-0.3, -0.25) is 14.9 Å². The zero-order chi connectivity index (χ0) is 29.3. The molecular weight excluding hydrogens is 556 g/mol. The molecule has 0 fully saturated rings. The molecule has 0 saturated carbocycles. The quantitative estimate of drug-likeness (QED) is 0.105. The Labute approximate surface area is 236 Å². The zero-order valence-electron chi connectivity index (χ0n) is 21.9. The minimum absolute atomic E-state index is 0.0932. The van der Waals surface area contributed by atoms with E-state index in [0.29, 0.717) is 27.6 Å². The summed E-state index contributed by atoms with van der Waals surface area (Å²) >= 11 is 6.31.